The molecule has 11 heteroatoms. The van der Waals surface area contributed by atoms with Crippen LogP contribution in [0.4, 0.5) is 15.8 Å². The van der Waals surface area contributed by atoms with Gasteiger partial charge in [-0.15, -0.1) is 0 Å². The molecule has 7 aromatic rings. The maximum atomic E-state index is 14.7. The lowest BCUT2D eigenvalue weighted by molar-refractivity contribution is 0.102. The van der Waals surface area contributed by atoms with E-state index >= 15 is 0 Å². The first-order chi connectivity index (χ1) is 22.4. The maximum absolute atomic E-state index is 14.7. The van der Waals surface area contributed by atoms with E-state index in [1.807, 2.05) is 68.7 Å². The number of carbonyl (C=O) groups excluding carboxylic acids is 1. The van der Waals surface area contributed by atoms with Crippen molar-refractivity contribution in [3.05, 3.63) is 109 Å². The SMILES string of the molecule is CN(C)CCNc1cc(F)cc(-c2ccnc3[nH]c(-c4n[nH]c5ccc(-c6cncc(NC(=O)c7ccccc7)c6)cc45)nc23)c1. The topological polar surface area (TPSA) is 128 Å². The molecule has 1 amide bonds. The number of rotatable bonds is 9. The number of H-pyrrole nitrogens is 2. The highest BCUT2D eigenvalue weighted by Crippen LogP contribution is 2.34. The van der Waals surface area contributed by atoms with Crippen molar-refractivity contribution < 1.29 is 9.18 Å². The Bertz CT molecular complexity index is 2190. The van der Waals surface area contributed by atoms with Crippen LogP contribution in [0.25, 0.3) is 55.8 Å². The first kappa shape index (κ1) is 28.8. The summed E-state index contributed by atoms with van der Waals surface area (Å²) in [5.41, 5.74) is 7.64. The minimum Gasteiger partial charge on any atom is -0.384 e. The lowest BCUT2D eigenvalue weighted by atomic mass is 10.0. The molecule has 46 heavy (non-hydrogen) atoms. The van der Waals surface area contributed by atoms with Crippen LogP contribution < -0.4 is 10.6 Å². The molecule has 0 atom stereocenters. The zero-order chi connectivity index (χ0) is 31.6. The van der Waals surface area contributed by atoms with Crippen molar-refractivity contribution in [2.24, 2.45) is 0 Å². The van der Waals surface area contributed by atoms with Crippen molar-refractivity contribution in [3.63, 3.8) is 0 Å². The van der Waals surface area contributed by atoms with Gasteiger partial charge in [0.1, 0.15) is 17.0 Å². The average molecular weight is 612 g/mol. The van der Waals surface area contributed by atoms with Crippen LogP contribution >= 0.6 is 0 Å². The van der Waals surface area contributed by atoms with Crippen LogP contribution in [0.5, 0.6) is 0 Å². The van der Waals surface area contributed by atoms with Crippen molar-refractivity contribution in [1.29, 1.82) is 0 Å². The summed E-state index contributed by atoms with van der Waals surface area (Å²) in [6.45, 7) is 1.51. The number of amides is 1. The Morgan fingerprint density at radius 1 is 0.913 bits per heavy atom. The Morgan fingerprint density at radius 2 is 1.76 bits per heavy atom. The van der Waals surface area contributed by atoms with Crippen molar-refractivity contribution in [1.82, 2.24) is 35.0 Å². The number of nitrogens with one attached hydrogen (secondary N) is 4. The zero-order valence-corrected chi connectivity index (χ0v) is 25.2. The number of anilines is 2. The largest absolute Gasteiger partial charge is 0.384 e. The summed E-state index contributed by atoms with van der Waals surface area (Å²) in [7, 11) is 3.99. The van der Waals surface area contributed by atoms with Gasteiger partial charge in [0.15, 0.2) is 11.5 Å². The number of hydrogen-bond acceptors (Lipinski definition) is 7. The number of benzene rings is 3. The second-order valence-corrected chi connectivity index (χ2v) is 11.2. The zero-order valence-electron chi connectivity index (χ0n) is 25.2. The Kier molecular flexibility index (Phi) is 7.65. The minimum atomic E-state index is -0.338. The third kappa shape index (κ3) is 5.91. The van der Waals surface area contributed by atoms with Crippen molar-refractivity contribution in [2.75, 3.05) is 37.8 Å². The Labute approximate surface area is 263 Å². The van der Waals surface area contributed by atoms with Crippen LogP contribution in [0.15, 0.2) is 97.5 Å². The van der Waals surface area contributed by atoms with Gasteiger partial charge in [0.2, 0.25) is 0 Å². The molecule has 0 bridgehead atoms. The third-order valence-electron chi connectivity index (χ3n) is 7.63. The van der Waals surface area contributed by atoms with E-state index < -0.39 is 0 Å². The van der Waals surface area contributed by atoms with E-state index in [-0.39, 0.29) is 11.7 Å². The van der Waals surface area contributed by atoms with Gasteiger partial charge in [0.25, 0.3) is 5.91 Å². The minimum absolute atomic E-state index is 0.208. The molecule has 0 saturated heterocycles. The fourth-order valence-electron chi connectivity index (χ4n) is 5.36. The highest BCUT2D eigenvalue weighted by Gasteiger charge is 2.17. The van der Waals surface area contributed by atoms with E-state index in [1.54, 1.807) is 30.7 Å². The highest BCUT2D eigenvalue weighted by atomic mass is 19.1. The molecule has 3 aromatic carbocycles. The number of imidazole rings is 1. The number of likely N-dealkylation sites (N-methyl/N-ethyl adjacent to an activating group) is 1. The van der Waals surface area contributed by atoms with Crippen LogP contribution in [0, 0.1) is 5.82 Å². The number of aromatic nitrogens is 6. The van der Waals surface area contributed by atoms with E-state index in [9.17, 15) is 9.18 Å². The third-order valence-corrected chi connectivity index (χ3v) is 7.63. The molecular weight excluding hydrogens is 581 g/mol. The van der Waals surface area contributed by atoms with Crippen LogP contribution in [-0.2, 0) is 0 Å². The van der Waals surface area contributed by atoms with Gasteiger partial charge < -0.3 is 20.5 Å². The Balaban J connectivity index is 1.21. The summed E-state index contributed by atoms with van der Waals surface area (Å²) >= 11 is 0. The number of carbonyl (C=O) groups is 1. The van der Waals surface area contributed by atoms with Gasteiger partial charge in [-0.05, 0) is 79.8 Å². The summed E-state index contributed by atoms with van der Waals surface area (Å²) < 4.78 is 14.7. The van der Waals surface area contributed by atoms with Gasteiger partial charge >= 0.3 is 0 Å². The monoisotopic (exact) mass is 611 g/mol. The molecule has 4 aromatic heterocycles. The first-order valence-electron chi connectivity index (χ1n) is 14.8. The molecule has 10 nitrogen and oxygen atoms in total. The van der Waals surface area contributed by atoms with E-state index in [0.717, 1.165) is 34.1 Å². The van der Waals surface area contributed by atoms with Gasteiger partial charge in [-0.1, -0.05) is 24.3 Å². The quantitative estimate of drug-likeness (QED) is 0.145. The van der Waals surface area contributed by atoms with Gasteiger partial charge in [-0.3, -0.25) is 14.9 Å². The fourth-order valence-corrected chi connectivity index (χ4v) is 5.36. The molecule has 0 fully saturated rings. The number of nitrogens with zero attached hydrogens (tertiary/aromatic N) is 5. The second-order valence-electron chi connectivity index (χ2n) is 11.2. The summed E-state index contributed by atoms with van der Waals surface area (Å²) in [4.78, 5) is 31.8. The van der Waals surface area contributed by atoms with E-state index in [0.29, 0.717) is 51.7 Å². The predicted octanol–water partition coefficient (Wildman–Crippen LogP) is 6.60. The smallest absolute Gasteiger partial charge is 0.255 e. The van der Waals surface area contributed by atoms with Crippen LogP contribution in [-0.4, -0.2) is 68.1 Å². The summed E-state index contributed by atoms with van der Waals surface area (Å²) in [6.07, 6.45) is 5.05. The van der Waals surface area contributed by atoms with Gasteiger partial charge in [-0.25, -0.2) is 14.4 Å². The lowest BCUT2D eigenvalue weighted by Gasteiger charge is -2.12. The Morgan fingerprint density at radius 3 is 2.61 bits per heavy atom. The molecule has 228 valence electrons. The number of halogens is 1. The van der Waals surface area contributed by atoms with E-state index in [2.05, 4.69) is 40.7 Å². The molecule has 0 aliphatic carbocycles. The standard InChI is InChI=1S/C35H30FN9O/c1-45(2)13-12-38-26-15-23(14-25(36)18-26)28-10-11-39-33-31(28)41-34(42-33)32-29-17-22(8-9-30(29)43-44-32)24-16-27(20-37-19-24)40-35(46)21-6-4-3-5-7-21/h3-11,14-20,38H,12-13H2,1-2H3,(H,40,46)(H,43,44)(H,39,41,42). The average Bonchev–Trinajstić information content (AvgIpc) is 3.69. The van der Waals surface area contributed by atoms with Gasteiger partial charge in [0.05, 0.1) is 17.4 Å². The van der Waals surface area contributed by atoms with Gasteiger partial charge in [0, 0.05) is 53.2 Å². The summed E-state index contributed by atoms with van der Waals surface area (Å²) in [5.74, 6) is -0.0179. The molecule has 0 aliphatic heterocycles. The van der Waals surface area contributed by atoms with Crippen LogP contribution in [0.1, 0.15) is 10.4 Å². The van der Waals surface area contributed by atoms with Crippen molar-refractivity contribution in [2.45, 2.75) is 0 Å². The van der Waals surface area contributed by atoms with Crippen molar-refractivity contribution in [3.8, 4) is 33.8 Å². The highest BCUT2D eigenvalue weighted by molar-refractivity contribution is 6.04. The molecule has 4 heterocycles. The van der Waals surface area contributed by atoms with Crippen molar-refractivity contribution >= 4 is 39.3 Å². The van der Waals surface area contributed by atoms with Crippen LogP contribution in [0.3, 0.4) is 0 Å². The number of aromatic amines is 2. The molecular formula is C35H30FN9O. The maximum Gasteiger partial charge on any atom is 0.255 e. The molecule has 0 saturated carbocycles. The molecule has 0 radical (unpaired) electrons. The van der Waals surface area contributed by atoms with Gasteiger partial charge in [-0.2, -0.15) is 5.10 Å². The number of hydrogen-bond donors (Lipinski definition) is 4. The van der Waals surface area contributed by atoms with Crippen LogP contribution in [0.2, 0.25) is 0 Å². The second kappa shape index (κ2) is 12.2. The van der Waals surface area contributed by atoms with E-state index in [4.69, 9.17) is 4.98 Å². The molecule has 0 aliphatic rings. The Hall–Kier alpha value is -5.94. The molecule has 0 unspecified atom stereocenters. The molecule has 7 rings (SSSR count). The predicted molar refractivity (Wildman–Crippen MR) is 179 cm³/mol. The first-order valence-corrected chi connectivity index (χ1v) is 14.8. The van der Waals surface area contributed by atoms with E-state index in [1.165, 1.54) is 12.1 Å². The fraction of sp³-hybridized carbons (Fsp3) is 0.114. The lowest BCUT2D eigenvalue weighted by Crippen LogP contribution is -2.20. The number of fused-ring (bicyclic) bond motifs is 2. The summed E-state index contributed by atoms with van der Waals surface area (Å²) in [5, 5.41) is 14.7. The normalized spacial score (nSPS) is 11.4. The molecule has 4 N–H and O–H groups in total. The number of pyridine rings is 2. The molecule has 0 spiro atoms. The summed E-state index contributed by atoms with van der Waals surface area (Å²) in [6, 6.07) is 23.6.